The zero-order valence-electron chi connectivity index (χ0n) is 7.48. The standard InChI is InChI=1S/C11H12N2/c1-2-4-10-7-13-8-12-6-11(13)5-9(10)3-1/h1-2,6-9H,3-5H2. The molecule has 1 unspecified atom stereocenters. The fourth-order valence-electron chi connectivity index (χ4n) is 2.21. The Balaban J connectivity index is 2.06. The van der Waals surface area contributed by atoms with Gasteiger partial charge in [-0.2, -0.15) is 0 Å². The Kier molecular flexibility index (Phi) is 1.42. The maximum atomic E-state index is 4.16. The van der Waals surface area contributed by atoms with Crippen LogP contribution in [0.25, 0.3) is 6.20 Å². The van der Waals surface area contributed by atoms with Crippen molar-refractivity contribution >= 4 is 6.20 Å². The maximum Gasteiger partial charge on any atom is 0.0989 e. The van der Waals surface area contributed by atoms with E-state index in [0.29, 0.717) is 0 Å². The van der Waals surface area contributed by atoms with Crippen molar-refractivity contribution in [3.8, 4) is 0 Å². The van der Waals surface area contributed by atoms with Crippen molar-refractivity contribution in [2.45, 2.75) is 19.3 Å². The first kappa shape index (κ1) is 7.13. The molecule has 2 nitrogen and oxygen atoms in total. The maximum absolute atomic E-state index is 4.16. The first-order valence-electron chi connectivity index (χ1n) is 4.80. The molecule has 0 radical (unpaired) electrons. The molecule has 1 aliphatic carbocycles. The summed E-state index contributed by atoms with van der Waals surface area (Å²) in [5.74, 6) is 0.745. The molecule has 0 saturated heterocycles. The molecule has 1 atom stereocenters. The lowest BCUT2D eigenvalue weighted by atomic mass is 9.84. The van der Waals surface area contributed by atoms with E-state index in [1.54, 1.807) is 5.57 Å². The smallest absolute Gasteiger partial charge is 0.0989 e. The summed E-state index contributed by atoms with van der Waals surface area (Å²) in [6, 6.07) is 0. The van der Waals surface area contributed by atoms with E-state index in [4.69, 9.17) is 0 Å². The van der Waals surface area contributed by atoms with Crippen LogP contribution in [0.3, 0.4) is 0 Å². The van der Waals surface area contributed by atoms with Gasteiger partial charge in [-0.15, -0.1) is 0 Å². The van der Waals surface area contributed by atoms with E-state index in [1.807, 2.05) is 12.5 Å². The van der Waals surface area contributed by atoms with E-state index in [-0.39, 0.29) is 0 Å². The van der Waals surface area contributed by atoms with Crippen LogP contribution in [0.15, 0.2) is 30.2 Å². The van der Waals surface area contributed by atoms with Gasteiger partial charge >= 0.3 is 0 Å². The lowest BCUT2D eigenvalue weighted by molar-refractivity contribution is 0.565. The predicted octanol–water partition coefficient (Wildman–Crippen LogP) is 2.25. The molecule has 2 heteroatoms. The minimum absolute atomic E-state index is 0.745. The van der Waals surface area contributed by atoms with Crippen molar-refractivity contribution in [2.75, 3.05) is 0 Å². The monoisotopic (exact) mass is 172 g/mol. The number of rotatable bonds is 0. The highest BCUT2D eigenvalue weighted by Crippen LogP contribution is 2.31. The Morgan fingerprint density at radius 1 is 1.38 bits per heavy atom. The molecule has 0 saturated carbocycles. The van der Waals surface area contributed by atoms with Gasteiger partial charge in [-0.1, -0.05) is 12.2 Å². The summed E-state index contributed by atoms with van der Waals surface area (Å²) >= 11 is 0. The molecule has 0 amide bonds. The molecule has 0 fully saturated rings. The van der Waals surface area contributed by atoms with Crippen molar-refractivity contribution in [3.63, 3.8) is 0 Å². The van der Waals surface area contributed by atoms with Crippen LogP contribution in [0.2, 0.25) is 0 Å². The summed E-state index contributed by atoms with van der Waals surface area (Å²) < 4.78 is 2.16. The molecule has 66 valence electrons. The Hall–Kier alpha value is -1.31. The van der Waals surface area contributed by atoms with Gasteiger partial charge in [0.1, 0.15) is 0 Å². The van der Waals surface area contributed by atoms with Crippen LogP contribution >= 0.6 is 0 Å². The van der Waals surface area contributed by atoms with Gasteiger partial charge in [0.25, 0.3) is 0 Å². The Morgan fingerprint density at radius 3 is 3.38 bits per heavy atom. The molecular formula is C11H12N2. The normalized spacial score (nSPS) is 24.9. The van der Waals surface area contributed by atoms with Crippen LogP contribution < -0.4 is 0 Å². The van der Waals surface area contributed by atoms with Gasteiger partial charge in [0.15, 0.2) is 0 Å². The molecule has 3 rings (SSSR count). The second-order valence-electron chi connectivity index (χ2n) is 3.81. The van der Waals surface area contributed by atoms with Crippen molar-refractivity contribution in [1.29, 1.82) is 0 Å². The van der Waals surface area contributed by atoms with E-state index in [1.165, 1.54) is 12.1 Å². The summed E-state index contributed by atoms with van der Waals surface area (Å²) in [6.45, 7) is 0. The van der Waals surface area contributed by atoms with Crippen LogP contribution in [-0.4, -0.2) is 9.55 Å². The van der Waals surface area contributed by atoms with Crippen LogP contribution in [0.5, 0.6) is 0 Å². The number of nitrogens with zero attached hydrogens (tertiary/aromatic N) is 2. The number of allylic oxidation sites excluding steroid dienone is 3. The molecule has 2 heterocycles. The highest BCUT2D eigenvalue weighted by molar-refractivity contribution is 5.41. The van der Waals surface area contributed by atoms with Gasteiger partial charge < -0.3 is 4.57 Å². The third-order valence-electron chi connectivity index (χ3n) is 2.97. The number of fused-ring (bicyclic) bond motifs is 2. The summed E-state index contributed by atoms with van der Waals surface area (Å²) in [4.78, 5) is 4.16. The topological polar surface area (TPSA) is 17.8 Å². The first-order chi connectivity index (χ1) is 6.43. The molecular weight excluding hydrogens is 160 g/mol. The summed E-state index contributed by atoms with van der Waals surface area (Å²) in [7, 11) is 0. The minimum atomic E-state index is 0.745. The lowest BCUT2D eigenvalue weighted by Crippen LogP contribution is -2.16. The summed E-state index contributed by atoms with van der Waals surface area (Å²) in [5, 5.41) is 0. The van der Waals surface area contributed by atoms with Crippen LogP contribution in [0.1, 0.15) is 18.5 Å². The molecule has 1 aromatic rings. The second-order valence-corrected chi connectivity index (χ2v) is 3.81. The highest BCUT2D eigenvalue weighted by Gasteiger charge is 2.21. The highest BCUT2D eigenvalue weighted by atomic mass is 15.0. The number of hydrogen-bond acceptors (Lipinski definition) is 1. The van der Waals surface area contributed by atoms with Gasteiger partial charge in [-0.3, -0.25) is 0 Å². The largest absolute Gasteiger partial charge is 0.310 e. The van der Waals surface area contributed by atoms with Crippen LogP contribution in [0.4, 0.5) is 0 Å². The van der Waals surface area contributed by atoms with Crippen LogP contribution in [0, 0.1) is 5.92 Å². The molecule has 1 aliphatic heterocycles. The lowest BCUT2D eigenvalue weighted by Gasteiger charge is -2.26. The Morgan fingerprint density at radius 2 is 2.38 bits per heavy atom. The van der Waals surface area contributed by atoms with Crippen molar-refractivity contribution < 1.29 is 0 Å². The van der Waals surface area contributed by atoms with Gasteiger partial charge in [0.2, 0.25) is 0 Å². The Labute approximate surface area is 77.6 Å². The number of aromatic nitrogens is 2. The molecule has 1 aromatic heterocycles. The fraction of sp³-hybridized carbons (Fsp3) is 0.364. The van der Waals surface area contributed by atoms with Crippen molar-refractivity contribution in [2.24, 2.45) is 5.92 Å². The predicted molar refractivity (Wildman–Crippen MR) is 52.1 cm³/mol. The molecule has 0 bridgehead atoms. The van der Waals surface area contributed by atoms with Crippen molar-refractivity contribution in [1.82, 2.24) is 9.55 Å². The number of hydrogen-bond donors (Lipinski definition) is 0. The molecule has 0 aromatic carbocycles. The molecule has 0 spiro atoms. The summed E-state index contributed by atoms with van der Waals surface area (Å²) in [5.41, 5.74) is 2.91. The average molecular weight is 172 g/mol. The zero-order chi connectivity index (χ0) is 8.67. The third-order valence-corrected chi connectivity index (χ3v) is 2.97. The van der Waals surface area contributed by atoms with Gasteiger partial charge in [-0.25, -0.2) is 4.98 Å². The summed E-state index contributed by atoms with van der Waals surface area (Å²) in [6.07, 6.45) is 14.2. The number of imidazole rings is 1. The SMILES string of the molecule is C1=CCC2Cc3cncn3C=C2C1. The van der Waals surface area contributed by atoms with E-state index < -0.39 is 0 Å². The van der Waals surface area contributed by atoms with Crippen molar-refractivity contribution in [3.05, 3.63) is 35.9 Å². The van der Waals surface area contributed by atoms with Gasteiger partial charge in [0.05, 0.1) is 6.33 Å². The average Bonchev–Trinajstić information content (AvgIpc) is 2.61. The van der Waals surface area contributed by atoms with Gasteiger partial charge in [-0.05, 0) is 30.8 Å². The molecule has 2 aliphatic rings. The second kappa shape index (κ2) is 2.59. The van der Waals surface area contributed by atoms with E-state index in [2.05, 4.69) is 27.9 Å². The van der Waals surface area contributed by atoms with E-state index in [9.17, 15) is 0 Å². The quantitative estimate of drug-likeness (QED) is 0.549. The molecule has 0 N–H and O–H groups in total. The van der Waals surface area contributed by atoms with Crippen LogP contribution in [-0.2, 0) is 6.42 Å². The minimum Gasteiger partial charge on any atom is -0.310 e. The fourth-order valence-corrected chi connectivity index (χ4v) is 2.21. The molecule has 13 heavy (non-hydrogen) atoms. The van der Waals surface area contributed by atoms with Gasteiger partial charge in [0, 0.05) is 18.1 Å². The first-order valence-corrected chi connectivity index (χ1v) is 4.80. The third kappa shape index (κ3) is 1.05. The zero-order valence-corrected chi connectivity index (χ0v) is 7.48. The van der Waals surface area contributed by atoms with E-state index >= 15 is 0 Å². The Bertz CT molecular complexity index is 385. The van der Waals surface area contributed by atoms with E-state index in [0.717, 1.165) is 18.8 Å².